The average molecular weight is 709 g/mol. The summed E-state index contributed by atoms with van der Waals surface area (Å²) in [6.45, 7) is 0. The Hall–Kier alpha value is -7.32. The predicted molar refractivity (Wildman–Crippen MR) is 215 cm³/mol. The molecule has 2 N–H and O–H groups in total. The molecule has 0 spiro atoms. The van der Waals surface area contributed by atoms with E-state index in [2.05, 4.69) is 20.4 Å². The molecule has 8 aromatic rings. The monoisotopic (exact) mass is 708 g/mol. The highest BCUT2D eigenvalue weighted by Crippen LogP contribution is 2.38. The Kier molecular flexibility index (Phi) is 10.6. The van der Waals surface area contributed by atoms with Gasteiger partial charge in [0.2, 0.25) is 0 Å². The number of nitrogens with one attached hydrogen (secondary N) is 2. The highest BCUT2D eigenvalue weighted by molar-refractivity contribution is 5.93. The highest BCUT2D eigenvalue weighted by Gasteiger charge is 2.20. The Labute approximate surface area is 312 Å². The Morgan fingerprint density at radius 3 is 0.981 bits per heavy atom. The largest absolute Gasteiger partial charge is 0.497 e. The minimum atomic E-state index is -0.216. The van der Waals surface area contributed by atoms with E-state index in [9.17, 15) is 9.59 Å². The van der Waals surface area contributed by atoms with Gasteiger partial charge in [-0.05, 0) is 58.7 Å². The summed E-state index contributed by atoms with van der Waals surface area (Å²) in [5.41, 5.74) is 9.28. The molecule has 8 rings (SSSR count). The number of benzene rings is 6. The van der Waals surface area contributed by atoms with Gasteiger partial charge in [0.25, 0.3) is 11.1 Å². The molecule has 0 saturated heterocycles. The summed E-state index contributed by atoms with van der Waals surface area (Å²) >= 11 is 0. The molecule has 8 heteroatoms. The van der Waals surface area contributed by atoms with Crippen molar-refractivity contribution in [3.8, 4) is 78.5 Å². The zero-order valence-electron chi connectivity index (χ0n) is 29.7. The minimum Gasteiger partial charge on any atom is -0.497 e. The maximum Gasteiger partial charge on any atom is 0.272 e. The van der Waals surface area contributed by atoms with Crippen LogP contribution in [0.4, 0.5) is 0 Å². The van der Waals surface area contributed by atoms with E-state index in [1.54, 1.807) is 14.2 Å². The lowest BCUT2D eigenvalue weighted by Gasteiger charge is -2.14. The van der Waals surface area contributed by atoms with E-state index in [1.165, 1.54) is 0 Å². The fourth-order valence-electron chi connectivity index (χ4n) is 6.35. The summed E-state index contributed by atoms with van der Waals surface area (Å²) in [5.74, 6) is 1.53. The second kappa shape index (κ2) is 16.4. The topological polar surface area (TPSA) is 110 Å². The first kappa shape index (κ1) is 35.1. The van der Waals surface area contributed by atoms with Crippen molar-refractivity contribution in [2.75, 3.05) is 14.2 Å². The van der Waals surface area contributed by atoms with Crippen molar-refractivity contribution >= 4 is 0 Å². The molecule has 0 saturated carbocycles. The van der Waals surface area contributed by atoms with Crippen LogP contribution in [0.15, 0.2) is 179 Å². The van der Waals surface area contributed by atoms with Crippen molar-refractivity contribution in [1.29, 1.82) is 0 Å². The molecule has 0 aliphatic heterocycles. The van der Waals surface area contributed by atoms with Crippen molar-refractivity contribution in [1.82, 2.24) is 20.4 Å². The second-order valence-electron chi connectivity index (χ2n) is 12.2. The van der Waals surface area contributed by atoms with Gasteiger partial charge in [0, 0.05) is 22.3 Å². The molecule has 0 atom stereocenters. The van der Waals surface area contributed by atoms with Crippen LogP contribution < -0.4 is 20.6 Å². The van der Waals surface area contributed by atoms with E-state index in [4.69, 9.17) is 9.47 Å². The number of aromatic amines is 2. The van der Waals surface area contributed by atoms with E-state index >= 15 is 0 Å². The number of nitrogens with zero attached hydrogens (tertiary/aromatic N) is 2. The fourth-order valence-corrected chi connectivity index (χ4v) is 6.35. The van der Waals surface area contributed by atoms with Crippen LogP contribution in [0.5, 0.6) is 11.5 Å². The van der Waals surface area contributed by atoms with E-state index in [0.29, 0.717) is 11.1 Å². The number of hydrogen-bond donors (Lipinski definition) is 2. The summed E-state index contributed by atoms with van der Waals surface area (Å²) in [6, 6.07) is 54.4. The quantitative estimate of drug-likeness (QED) is 0.163. The Morgan fingerprint density at radius 2 is 0.630 bits per heavy atom. The normalized spacial score (nSPS) is 10.6. The lowest BCUT2D eigenvalue weighted by Crippen LogP contribution is -2.14. The molecule has 8 nitrogen and oxygen atoms in total. The first-order chi connectivity index (χ1) is 26.6. The molecule has 0 aliphatic carbocycles. The number of aromatic nitrogens is 4. The summed E-state index contributed by atoms with van der Waals surface area (Å²) in [7, 11) is 3.27. The van der Waals surface area contributed by atoms with Crippen LogP contribution in [-0.2, 0) is 0 Å². The number of rotatable bonds is 8. The standard InChI is InChI=1S/2C23H18N2O2/c1-27-19-14-12-17(13-15-19)20-21(16-8-4-2-5-9-16)23(26)25-24-22(20)18-10-6-3-7-11-18;1-27-19-14-12-18(13-15-19)22-20(16-8-4-2-5-9-16)21(23(26)25-24-22)17-10-6-3-7-11-17/h2*2-15H,1H3,(H,25,26). The van der Waals surface area contributed by atoms with E-state index in [0.717, 1.165) is 67.4 Å². The lowest BCUT2D eigenvalue weighted by atomic mass is 9.92. The number of H-pyrrole nitrogens is 2. The van der Waals surface area contributed by atoms with Gasteiger partial charge in [-0.15, -0.1) is 0 Å². The Bertz CT molecular complexity index is 2570. The van der Waals surface area contributed by atoms with Crippen molar-refractivity contribution in [2.24, 2.45) is 0 Å². The van der Waals surface area contributed by atoms with Crippen molar-refractivity contribution in [3.05, 3.63) is 191 Å². The third-order valence-corrected chi connectivity index (χ3v) is 8.94. The van der Waals surface area contributed by atoms with Crippen LogP contribution in [0.3, 0.4) is 0 Å². The molecular weight excluding hydrogens is 673 g/mol. The van der Waals surface area contributed by atoms with Crippen LogP contribution in [0.1, 0.15) is 0 Å². The van der Waals surface area contributed by atoms with Gasteiger partial charge in [-0.1, -0.05) is 133 Å². The molecule has 54 heavy (non-hydrogen) atoms. The summed E-state index contributed by atoms with van der Waals surface area (Å²) in [6.07, 6.45) is 0. The van der Waals surface area contributed by atoms with Gasteiger partial charge in [0.1, 0.15) is 11.5 Å². The summed E-state index contributed by atoms with van der Waals surface area (Å²) in [5, 5.41) is 14.1. The van der Waals surface area contributed by atoms with Gasteiger partial charge in [0.15, 0.2) is 0 Å². The average Bonchev–Trinajstić information content (AvgIpc) is 3.25. The Balaban J connectivity index is 0.000000167. The summed E-state index contributed by atoms with van der Waals surface area (Å²) < 4.78 is 10.5. The molecule has 0 bridgehead atoms. The van der Waals surface area contributed by atoms with Crippen molar-refractivity contribution in [3.63, 3.8) is 0 Å². The van der Waals surface area contributed by atoms with Gasteiger partial charge < -0.3 is 9.47 Å². The third-order valence-electron chi connectivity index (χ3n) is 8.94. The van der Waals surface area contributed by atoms with Gasteiger partial charge in [-0.25, -0.2) is 10.2 Å². The molecule has 6 aromatic carbocycles. The number of methoxy groups -OCH3 is 2. The van der Waals surface area contributed by atoms with Crippen LogP contribution >= 0.6 is 0 Å². The zero-order chi connectivity index (χ0) is 37.3. The summed E-state index contributed by atoms with van der Waals surface area (Å²) in [4.78, 5) is 25.5. The molecule has 0 unspecified atom stereocenters. The highest BCUT2D eigenvalue weighted by atomic mass is 16.5. The molecule has 0 radical (unpaired) electrons. The molecule has 264 valence electrons. The maximum absolute atomic E-state index is 12.8. The number of hydrogen-bond acceptors (Lipinski definition) is 6. The smallest absolute Gasteiger partial charge is 0.272 e. The molecule has 2 heterocycles. The zero-order valence-corrected chi connectivity index (χ0v) is 29.7. The van der Waals surface area contributed by atoms with Crippen molar-refractivity contribution in [2.45, 2.75) is 0 Å². The molecular formula is C46H36N4O4. The van der Waals surface area contributed by atoms with Gasteiger partial charge in [-0.3, -0.25) is 9.59 Å². The van der Waals surface area contributed by atoms with E-state index in [-0.39, 0.29) is 11.1 Å². The first-order valence-electron chi connectivity index (χ1n) is 17.3. The molecule has 0 fully saturated rings. The minimum absolute atomic E-state index is 0.211. The van der Waals surface area contributed by atoms with Gasteiger partial charge in [0.05, 0.1) is 36.7 Å². The first-order valence-corrected chi connectivity index (χ1v) is 17.3. The molecule has 0 aliphatic rings. The van der Waals surface area contributed by atoms with Crippen molar-refractivity contribution < 1.29 is 9.47 Å². The van der Waals surface area contributed by atoms with Gasteiger partial charge in [-0.2, -0.15) is 10.2 Å². The van der Waals surface area contributed by atoms with Crippen LogP contribution in [0, 0.1) is 0 Å². The Morgan fingerprint density at radius 1 is 0.352 bits per heavy atom. The number of ether oxygens (including phenoxy) is 2. The van der Waals surface area contributed by atoms with Crippen LogP contribution in [0.2, 0.25) is 0 Å². The van der Waals surface area contributed by atoms with Crippen LogP contribution in [0.25, 0.3) is 67.0 Å². The lowest BCUT2D eigenvalue weighted by molar-refractivity contribution is 0.415. The van der Waals surface area contributed by atoms with Crippen LogP contribution in [-0.4, -0.2) is 34.6 Å². The fraction of sp³-hybridized carbons (Fsp3) is 0.0435. The predicted octanol–water partition coefficient (Wildman–Crippen LogP) is 9.56. The van der Waals surface area contributed by atoms with Gasteiger partial charge >= 0.3 is 0 Å². The maximum atomic E-state index is 12.8. The van der Waals surface area contributed by atoms with E-state index in [1.807, 2.05) is 170 Å². The second-order valence-corrected chi connectivity index (χ2v) is 12.2. The SMILES string of the molecule is COc1ccc(-c2c(-c3ccccc3)n[nH]c(=O)c2-c2ccccc2)cc1.COc1ccc(-c2n[nH]c(=O)c(-c3ccccc3)c2-c2ccccc2)cc1. The molecule has 2 aromatic heterocycles. The third kappa shape index (κ3) is 7.49. The van der Waals surface area contributed by atoms with E-state index < -0.39 is 0 Å². The molecule has 0 amide bonds.